The van der Waals surface area contributed by atoms with E-state index in [2.05, 4.69) is 4.74 Å². The van der Waals surface area contributed by atoms with Crippen molar-refractivity contribution in [3.8, 4) is 0 Å². The summed E-state index contributed by atoms with van der Waals surface area (Å²) >= 11 is -2.88. The molecule has 0 saturated carbocycles. The quantitative estimate of drug-likeness (QED) is 0.499. The van der Waals surface area contributed by atoms with Gasteiger partial charge in [0.1, 0.15) is 0 Å². The molecule has 13 heavy (non-hydrogen) atoms. The fourth-order valence-corrected chi connectivity index (χ4v) is 1.57. The zero-order valence-corrected chi connectivity index (χ0v) is 9.15. The molecule has 0 aliphatic carbocycles. The number of esters is 1. The van der Waals surface area contributed by atoms with Crippen molar-refractivity contribution in [2.24, 2.45) is 0 Å². The molecular formula is C7H14O5Se. The molecule has 0 amide bonds. The Morgan fingerprint density at radius 1 is 1.62 bits per heavy atom. The Hall–Kier alpha value is -0.291. The second kappa shape index (κ2) is 7.15. The number of aliphatic hydroxyl groups excluding tert-OH is 1. The molecule has 2 N–H and O–H groups in total. The van der Waals surface area contributed by atoms with Crippen LogP contribution >= 0.6 is 0 Å². The molecule has 0 aromatic carbocycles. The van der Waals surface area contributed by atoms with Crippen LogP contribution in [0.2, 0.25) is 5.32 Å². The molecule has 0 aliphatic heterocycles. The number of hydrogen-bond donors (Lipinski definition) is 2. The van der Waals surface area contributed by atoms with Crippen molar-refractivity contribution in [2.45, 2.75) is 31.2 Å². The van der Waals surface area contributed by atoms with Gasteiger partial charge in [0.2, 0.25) is 0 Å². The first-order chi connectivity index (χ1) is 6.06. The molecule has 0 saturated heterocycles. The number of hydrogen-bond acceptors (Lipinski definition) is 4. The van der Waals surface area contributed by atoms with Gasteiger partial charge >= 0.3 is 80.6 Å². The molecule has 0 spiro atoms. The van der Waals surface area contributed by atoms with E-state index in [0.29, 0.717) is 12.8 Å². The molecule has 0 aromatic heterocycles. The van der Waals surface area contributed by atoms with Crippen LogP contribution in [0.3, 0.4) is 0 Å². The Morgan fingerprint density at radius 2 is 2.23 bits per heavy atom. The van der Waals surface area contributed by atoms with Gasteiger partial charge in [0.05, 0.1) is 0 Å². The van der Waals surface area contributed by atoms with Crippen LogP contribution in [-0.2, 0) is 13.4 Å². The van der Waals surface area contributed by atoms with Crippen molar-refractivity contribution in [1.82, 2.24) is 0 Å². The van der Waals surface area contributed by atoms with E-state index in [4.69, 9.17) is 9.30 Å². The topological polar surface area (TPSA) is 83.8 Å². The van der Waals surface area contributed by atoms with Gasteiger partial charge in [0.15, 0.2) is 0 Å². The number of rotatable bonds is 6. The predicted molar refractivity (Wildman–Crippen MR) is 45.3 cm³/mol. The average Bonchev–Trinajstić information content (AvgIpc) is 2.00. The molecule has 2 atom stereocenters. The summed E-state index contributed by atoms with van der Waals surface area (Å²) in [6.07, 6.45) is -0.0241. The van der Waals surface area contributed by atoms with Crippen LogP contribution in [0.5, 0.6) is 0 Å². The Labute approximate surface area is 81.1 Å². The standard InChI is InChI=1S/C7H14O5Se/c1-2-3-7(9)12-4-6(8)5-13(10)11/h6,8H,2-5H2,1H3,(H,10,11). The maximum atomic E-state index is 10.8. The fraction of sp³-hybridized carbons (Fsp3) is 0.857. The summed E-state index contributed by atoms with van der Waals surface area (Å²) in [5.74, 6) is -0.387. The minimum atomic E-state index is -2.88. The van der Waals surface area contributed by atoms with E-state index in [0.717, 1.165) is 0 Å². The van der Waals surface area contributed by atoms with E-state index in [1.165, 1.54) is 0 Å². The summed E-state index contributed by atoms with van der Waals surface area (Å²) < 4.78 is 23.4. The van der Waals surface area contributed by atoms with Crippen LogP contribution in [0, 0.1) is 0 Å². The summed E-state index contributed by atoms with van der Waals surface area (Å²) in [7, 11) is 0. The normalized spacial score (nSPS) is 15.0. The number of carbonyl (C=O) groups is 1. The van der Waals surface area contributed by atoms with Crippen LogP contribution in [0.4, 0.5) is 0 Å². The zero-order chi connectivity index (χ0) is 10.3. The zero-order valence-electron chi connectivity index (χ0n) is 7.43. The molecule has 78 valence electrons. The molecular weight excluding hydrogens is 243 g/mol. The Kier molecular flexibility index (Phi) is 6.99. The fourth-order valence-electron chi connectivity index (χ4n) is 0.678. The molecule has 0 rings (SSSR count). The van der Waals surface area contributed by atoms with Crippen LogP contribution in [-0.4, -0.2) is 42.1 Å². The van der Waals surface area contributed by atoms with E-state index in [1.54, 1.807) is 0 Å². The summed E-state index contributed by atoms with van der Waals surface area (Å²) in [6.45, 7) is 1.65. The van der Waals surface area contributed by atoms with Crippen molar-refractivity contribution in [1.29, 1.82) is 0 Å². The van der Waals surface area contributed by atoms with E-state index < -0.39 is 20.3 Å². The van der Waals surface area contributed by atoms with E-state index in [9.17, 15) is 8.63 Å². The summed E-state index contributed by atoms with van der Waals surface area (Å²) in [4.78, 5) is 10.8. The van der Waals surface area contributed by atoms with Crippen molar-refractivity contribution >= 4 is 20.1 Å². The first-order valence-electron chi connectivity index (χ1n) is 3.97. The van der Waals surface area contributed by atoms with Crippen molar-refractivity contribution in [3.05, 3.63) is 0 Å². The van der Waals surface area contributed by atoms with E-state index in [1.807, 2.05) is 6.92 Å². The molecule has 5 nitrogen and oxygen atoms in total. The molecule has 0 radical (unpaired) electrons. The third kappa shape index (κ3) is 8.05. The Balaban J connectivity index is 3.51. The third-order valence-electron chi connectivity index (χ3n) is 1.23. The van der Waals surface area contributed by atoms with Crippen molar-refractivity contribution in [3.63, 3.8) is 0 Å². The number of aliphatic hydroxyl groups is 1. The van der Waals surface area contributed by atoms with E-state index >= 15 is 0 Å². The van der Waals surface area contributed by atoms with Crippen LogP contribution in [0.1, 0.15) is 19.8 Å². The number of ether oxygens (including phenoxy) is 1. The van der Waals surface area contributed by atoms with Gasteiger partial charge in [-0.1, -0.05) is 0 Å². The third-order valence-corrected chi connectivity index (χ3v) is 2.63. The van der Waals surface area contributed by atoms with Crippen LogP contribution in [0.15, 0.2) is 0 Å². The monoisotopic (exact) mass is 258 g/mol. The molecule has 2 unspecified atom stereocenters. The van der Waals surface area contributed by atoms with Gasteiger partial charge in [-0.15, -0.1) is 0 Å². The van der Waals surface area contributed by atoms with Gasteiger partial charge in [0.25, 0.3) is 0 Å². The first kappa shape index (κ1) is 12.7. The van der Waals surface area contributed by atoms with Gasteiger partial charge in [-0.25, -0.2) is 0 Å². The number of carbonyl (C=O) groups excluding carboxylic acids is 1. The van der Waals surface area contributed by atoms with Crippen LogP contribution < -0.4 is 0 Å². The van der Waals surface area contributed by atoms with Crippen molar-refractivity contribution in [2.75, 3.05) is 6.61 Å². The van der Waals surface area contributed by atoms with Crippen molar-refractivity contribution < 1.29 is 22.7 Å². The van der Waals surface area contributed by atoms with Gasteiger partial charge < -0.3 is 0 Å². The van der Waals surface area contributed by atoms with Gasteiger partial charge in [-0.3, -0.25) is 0 Å². The SMILES string of the molecule is CCCC(=O)OCC(O)C[Se](=O)O. The minimum absolute atomic E-state index is 0.193. The van der Waals surface area contributed by atoms with Gasteiger partial charge in [-0.05, 0) is 0 Å². The molecule has 6 heteroatoms. The summed E-state index contributed by atoms with van der Waals surface area (Å²) in [5.41, 5.74) is 0. The second-order valence-electron chi connectivity index (χ2n) is 2.57. The first-order valence-corrected chi connectivity index (χ1v) is 6.65. The van der Waals surface area contributed by atoms with E-state index in [-0.39, 0.29) is 17.9 Å². The Bertz CT molecular complexity index is 182. The average molecular weight is 257 g/mol. The maximum absolute atomic E-state index is 10.8. The molecule has 0 aliphatic rings. The second-order valence-corrected chi connectivity index (χ2v) is 4.62. The molecule has 0 bridgehead atoms. The molecule has 0 fully saturated rings. The van der Waals surface area contributed by atoms with Gasteiger partial charge in [0, 0.05) is 0 Å². The molecule has 0 aromatic rings. The summed E-state index contributed by atoms with van der Waals surface area (Å²) in [5, 5.41) is 8.84. The Morgan fingerprint density at radius 3 is 2.69 bits per heavy atom. The predicted octanol–water partition coefficient (Wildman–Crippen LogP) is -0.398. The van der Waals surface area contributed by atoms with Crippen LogP contribution in [0.25, 0.3) is 0 Å². The van der Waals surface area contributed by atoms with Gasteiger partial charge in [-0.2, -0.15) is 0 Å². The molecule has 0 heterocycles. The summed E-state index contributed by atoms with van der Waals surface area (Å²) in [6, 6.07) is 0.